The largest absolute Gasteiger partial charge is 0.375 e. The smallest absolute Gasteiger partial charge is 0.193 e. The van der Waals surface area contributed by atoms with Crippen molar-refractivity contribution < 1.29 is 9.47 Å². The SMILES string of the molecule is CN=C(NCCc1c(C)[nH]c2ccccc12)N1CCOC(C2CCCO2)C1. The number of H-pyrrole nitrogens is 1. The van der Waals surface area contributed by atoms with Crippen LogP contribution < -0.4 is 5.32 Å². The molecule has 1 aromatic carbocycles. The molecule has 1 aromatic heterocycles. The molecule has 4 rings (SSSR count). The Labute approximate surface area is 160 Å². The van der Waals surface area contributed by atoms with E-state index in [0.29, 0.717) is 0 Å². The quantitative estimate of drug-likeness (QED) is 0.641. The molecule has 0 saturated carbocycles. The van der Waals surface area contributed by atoms with Crippen molar-refractivity contribution >= 4 is 16.9 Å². The van der Waals surface area contributed by atoms with Crippen LogP contribution in [0.4, 0.5) is 0 Å². The van der Waals surface area contributed by atoms with Crippen molar-refractivity contribution in [2.45, 2.75) is 38.4 Å². The lowest BCUT2D eigenvalue weighted by molar-refractivity contribution is -0.0816. The molecule has 0 spiro atoms. The number of fused-ring (bicyclic) bond motifs is 1. The summed E-state index contributed by atoms with van der Waals surface area (Å²) in [6, 6.07) is 8.50. The summed E-state index contributed by atoms with van der Waals surface area (Å²) < 4.78 is 11.8. The van der Waals surface area contributed by atoms with E-state index in [1.807, 2.05) is 7.05 Å². The van der Waals surface area contributed by atoms with Gasteiger partial charge in [0.15, 0.2) is 5.96 Å². The van der Waals surface area contributed by atoms with Crippen LogP contribution in [0.1, 0.15) is 24.1 Å². The van der Waals surface area contributed by atoms with Gasteiger partial charge in [-0.3, -0.25) is 4.99 Å². The number of hydrogen-bond acceptors (Lipinski definition) is 3. The molecule has 0 amide bonds. The highest BCUT2D eigenvalue weighted by Gasteiger charge is 2.32. The molecule has 2 unspecified atom stereocenters. The van der Waals surface area contributed by atoms with E-state index in [-0.39, 0.29) is 12.2 Å². The molecular weight excluding hydrogens is 340 g/mol. The number of nitrogens with one attached hydrogen (secondary N) is 2. The van der Waals surface area contributed by atoms with Gasteiger partial charge >= 0.3 is 0 Å². The normalized spacial score (nSPS) is 23.9. The van der Waals surface area contributed by atoms with Gasteiger partial charge in [-0.1, -0.05) is 18.2 Å². The number of rotatable bonds is 4. The first kappa shape index (κ1) is 18.3. The Kier molecular flexibility index (Phi) is 5.64. The second kappa shape index (κ2) is 8.31. The Hall–Kier alpha value is -2.05. The van der Waals surface area contributed by atoms with Crippen LogP contribution >= 0.6 is 0 Å². The van der Waals surface area contributed by atoms with Crippen molar-refractivity contribution in [2.24, 2.45) is 4.99 Å². The lowest BCUT2D eigenvalue weighted by Crippen LogP contribution is -2.53. The van der Waals surface area contributed by atoms with Gasteiger partial charge in [0, 0.05) is 49.9 Å². The van der Waals surface area contributed by atoms with Gasteiger partial charge in [0.05, 0.1) is 12.7 Å². The summed E-state index contributed by atoms with van der Waals surface area (Å²) in [6.07, 6.45) is 3.59. The standard InChI is InChI=1S/C21H30N4O2/c1-15-16(17-6-3-4-7-18(17)24-15)9-10-23-21(22-2)25-11-13-27-20(14-25)19-8-5-12-26-19/h3-4,6-7,19-20,24H,5,8-14H2,1-2H3,(H,22,23). The van der Waals surface area contributed by atoms with Crippen molar-refractivity contribution in [1.82, 2.24) is 15.2 Å². The number of aromatic amines is 1. The highest BCUT2D eigenvalue weighted by atomic mass is 16.5. The number of para-hydroxylation sites is 1. The molecular formula is C21H30N4O2. The number of aromatic nitrogens is 1. The van der Waals surface area contributed by atoms with Crippen molar-refractivity contribution in [3.63, 3.8) is 0 Å². The second-order valence-electron chi connectivity index (χ2n) is 7.40. The highest BCUT2D eigenvalue weighted by molar-refractivity contribution is 5.84. The van der Waals surface area contributed by atoms with Crippen LogP contribution in [-0.4, -0.2) is 67.9 Å². The predicted octanol–water partition coefficient (Wildman–Crippen LogP) is 2.47. The fourth-order valence-electron chi connectivity index (χ4n) is 4.28. The van der Waals surface area contributed by atoms with Gasteiger partial charge in [0.25, 0.3) is 0 Å². The summed E-state index contributed by atoms with van der Waals surface area (Å²) in [7, 11) is 1.86. The van der Waals surface area contributed by atoms with Gasteiger partial charge in [0.1, 0.15) is 6.10 Å². The fourth-order valence-corrected chi connectivity index (χ4v) is 4.28. The second-order valence-corrected chi connectivity index (χ2v) is 7.40. The zero-order valence-electron chi connectivity index (χ0n) is 16.3. The molecule has 2 N–H and O–H groups in total. The van der Waals surface area contributed by atoms with E-state index in [0.717, 1.165) is 58.1 Å². The van der Waals surface area contributed by atoms with Crippen molar-refractivity contribution in [3.05, 3.63) is 35.5 Å². The zero-order valence-corrected chi connectivity index (χ0v) is 16.3. The van der Waals surface area contributed by atoms with Crippen LogP contribution in [0.2, 0.25) is 0 Å². The molecule has 146 valence electrons. The molecule has 6 nitrogen and oxygen atoms in total. The molecule has 2 saturated heterocycles. The maximum atomic E-state index is 5.96. The minimum atomic E-state index is 0.149. The molecule has 2 atom stereocenters. The highest BCUT2D eigenvalue weighted by Crippen LogP contribution is 2.23. The average molecular weight is 370 g/mol. The summed E-state index contributed by atoms with van der Waals surface area (Å²) in [6.45, 7) is 6.31. The maximum absolute atomic E-state index is 5.96. The lowest BCUT2D eigenvalue weighted by Gasteiger charge is -2.37. The summed E-state index contributed by atoms with van der Waals surface area (Å²) in [5.41, 5.74) is 3.84. The van der Waals surface area contributed by atoms with E-state index in [4.69, 9.17) is 9.47 Å². The number of guanidine groups is 1. The molecule has 2 aliphatic rings. The Morgan fingerprint density at radius 2 is 2.11 bits per heavy atom. The van der Waals surface area contributed by atoms with E-state index < -0.39 is 0 Å². The van der Waals surface area contributed by atoms with Crippen molar-refractivity contribution in [1.29, 1.82) is 0 Å². The van der Waals surface area contributed by atoms with Gasteiger partial charge in [0.2, 0.25) is 0 Å². The minimum absolute atomic E-state index is 0.149. The molecule has 3 heterocycles. The first-order valence-electron chi connectivity index (χ1n) is 10.0. The fraction of sp³-hybridized carbons (Fsp3) is 0.571. The molecule has 27 heavy (non-hydrogen) atoms. The monoisotopic (exact) mass is 370 g/mol. The number of ether oxygens (including phenoxy) is 2. The molecule has 2 fully saturated rings. The first-order chi connectivity index (χ1) is 13.3. The Morgan fingerprint density at radius 1 is 1.26 bits per heavy atom. The average Bonchev–Trinajstić information content (AvgIpc) is 3.33. The molecule has 0 aliphatic carbocycles. The van der Waals surface area contributed by atoms with Crippen LogP contribution in [0.3, 0.4) is 0 Å². The van der Waals surface area contributed by atoms with E-state index in [1.54, 1.807) is 0 Å². The number of aliphatic imine (C=N–C) groups is 1. The maximum Gasteiger partial charge on any atom is 0.193 e. The predicted molar refractivity (Wildman–Crippen MR) is 108 cm³/mol. The number of aryl methyl sites for hydroxylation is 1. The number of benzene rings is 1. The summed E-state index contributed by atoms with van der Waals surface area (Å²) in [5, 5.41) is 4.86. The third kappa shape index (κ3) is 3.96. The summed E-state index contributed by atoms with van der Waals surface area (Å²) in [4.78, 5) is 10.3. The van der Waals surface area contributed by atoms with Crippen molar-refractivity contribution in [3.8, 4) is 0 Å². The topological polar surface area (TPSA) is 61.9 Å². The molecule has 0 radical (unpaired) electrons. The molecule has 0 bridgehead atoms. The third-order valence-electron chi connectivity index (χ3n) is 5.67. The van der Waals surface area contributed by atoms with E-state index >= 15 is 0 Å². The van der Waals surface area contributed by atoms with Gasteiger partial charge in [-0.2, -0.15) is 0 Å². The third-order valence-corrected chi connectivity index (χ3v) is 5.67. The van der Waals surface area contributed by atoms with Gasteiger partial charge < -0.3 is 24.7 Å². The van der Waals surface area contributed by atoms with E-state index in [1.165, 1.54) is 22.2 Å². The lowest BCUT2D eigenvalue weighted by atomic mass is 10.1. The first-order valence-corrected chi connectivity index (χ1v) is 10.0. The molecule has 2 aromatic rings. The van der Waals surface area contributed by atoms with Gasteiger partial charge in [-0.05, 0) is 37.8 Å². The van der Waals surface area contributed by atoms with Gasteiger partial charge in [-0.15, -0.1) is 0 Å². The zero-order chi connectivity index (χ0) is 18.6. The van der Waals surface area contributed by atoms with Crippen LogP contribution in [0, 0.1) is 6.92 Å². The van der Waals surface area contributed by atoms with Crippen molar-refractivity contribution in [2.75, 3.05) is 39.9 Å². The molecule has 2 aliphatic heterocycles. The van der Waals surface area contributed by atoms with Crippen LogP contribution in [-0.2, 0) is 15.9 Å². The Balaban J connectivity index is 1.35. The minimum Gasteiger partial charge on any atom is -0.375 e. The number of nitrogens with zero attached hydrogens (tertiary/aromatic N) is 2. The van der Waals surface area contributed by atoms with Crippen LogP contribution in [0.15, 0.2) is 29.3 Å². The van der Waals surface area contributed by atoms with Gasteiger partial charge in [-0.25, -0.2) is 0 Å². The Bertz CT molecular complexity index is 795. The number of morpholine rings is 1. The Morgan fingerprint density at radius 3 is 2.93 bits per heavy atom. The van der Waals surface area contributed by atoms with Crippen LogP contribution in [0.5, 0.6) is 0 Å². The number of hydrogen-bond donors (Lipinski definition) is 2. The van der Waals surface area contributed by atoms with Crippen LogP contribution in [0.25, 0.3) is 10.9 Å². The summed E-state index contributed by atoms with van der Waals surface area (Å²) in [5.74, 6) is 0.957. The summed E-state index contributed by atoms with van der Waals surface area (Å²) >= 11 is 0. The van der Waals surface area contributed by atoms with E-state index in [9.17, 15) is 0 Å². The van der Waals surface area contributed by atoms with E-state index in [2.05, 4.69) is 51.4 Å². The molecule has 6 heteroatoms.